The van der Waals surface area contributed by atoms with E-state index in [1.54, 1.807) is 7.05 Å². The molecule has 10 nitrogen and oxygen atoms in total. The molecule has 114 valence electrons. The van der Waals surface area contributed by atoms with Gasteiger partial charge in [-0.15, -0.1) is 4.73 Å². The van der Waals surface area contributed by atoms with E-state index in [2.05, 4.69) is 20.3 Å². The minimum atomic E-state index is -1.29. The number of ether oxygens (including phenoxy) is 1. The number of aromatic nitrogens is 4. The fraction of sp³-hybridized carbons (Fsp3) is 0.545. The van der Waals surface area contributed by atoms with Gasteiger partial charge >= 0.3 is 0 Å². The van der Waals surface area contributed by atoms with Crippen LogP contribution in [0.5, 0.6) is 0 Å². The summed E-state index contributed by atoms with van der Waals surface area (Å²) >= 11 is 0. The first-order chi connectivity index (χ1) is 10.2. The molecule has 1 saturated heterocycles. The second-order valence-electron chi connectivity index (χ2n) is 4.53. The molecule has 0 bridgehead atoms. The Morgan fingerprint density at radius 2 is 2.14 bits per heavy atom. The number of aliphatic hydroxyl groups is 3. The zero-order chi connectivity index (χ0) is 15.0. The molecule has 0 unspecified atom stereocenters. The van der Waals surface area contributed by atoms with E-state index < -0.39 is 31.2 Å². The Morgan fingerprint density at radius 3 is 2.81 bits per heavy atom. The first kappa shape index (κ1) is 13.9. The van der Waals surface area contributed by atoms with Crippen LogP contribution in [0.15, 0.2) is 12.7 Å². The molecule has 2 aromatic rings. The van der Waals surface area contributed by atoms with Gasteiger partial charge in [0.15, 0.2) is 11.3 Å². The van der Waals surface area contributed by atoms with Gasteiger partial charge in [-0.05, 0) is 0 Å². The fourth-order valence-electron chi connectivity index (χ4n) is 2.14. The van der Waals surface area contributed by atoms with Crippen molar-refractivity contribution in [2.75, 3.05) is 19.0 Å². The van der Waals surface area contributed by atoms with Crippen LogP contribution in [0.4, 0.5) is 5.82 Å². The van der Waals surface area contributed by atoms with Crippen LogP contribution in [0.25, 0.3) is 11.2 Å². The van der Waals surface area contributed by atoms with Gasteiger partial charge in [-0.25, -0.2) is 15.0 Å². The Bertz CT molecular complexity index is 634. The molecular formula is C11H15N5O5. The standard InChI is InChI=1S/C11H15N5O5/c1-12-9-6-10(14-3-13-9)16(4-15-6)21-11-8(19)7(18)5(2-17)20-11/h3-5,7-8,11,17-19H,2H2,1H3,(H,12,13,14)/t5-,7-,8-,11+/m1/s1. The molecule has 1 aliphatic rings. The van der Waals surface area contributed by atoms with E-state index in [1.807, 2.05) is 0 Å². The molecule has 4 N–H and O–H groups in total. The molecule has 1 fully saturated rings. The highest BCUT2D eigenvalue weighted by molar-refractivity contribution is 5.82. The number of imidazole rings is 1. The van der Waals surface area contributed by atoms with Gasteiger partial charge in [0.1, 0.15) is 31.0 Å². The van der Waals surface area contributed by atoms with E-state index in [9.17, 15) is 10.2 Å². The summed E-state index contributed by atoms with van der Waals surface area (Å²) < 4.78 is 6.45. The summed E-state index contributed by atoms with van der Waals surface area (Å²) in [5.41, 5.74) is 0.874. The third-order valence-corrected chi connectivity index (χ3v) is 3.26. The highest BCUT2D eigenvalue weighted by atomic mass is 16.8. The third kappa shape index (κ3) is 2.27. The molecule has 1 aliphatic heterocycles. The van der Waals surface area contributed by atoms with Gasteiger partial charge < -0.3 is 30.2 Å². The monoisotopic (exact) mass is 297 g/mol. The Balaban J connectivity index is 1.86. The summed E-state index contributed by atoms with van der Waals surface area (Å²) in [7, 11) is 1.70. The zero-order valence-corrected chi connectivity index (χ0v) is 11.1. The Morgan fingerprint density at radius 1 is 1.33 bits per heavy atom. The highest BCUT2D eigenvalue weighted by Gasteiger charge is 2.44. The zero-order valence-electron chi connectivity index (χ0n) is 11.1. The quantitative estimate of drug-likeness (QED) is 0.493. The van der Waals surface area contributed by atoms with E-state index in [0.717, 1.165) is 0 Å². The third-order valence-electron chi connectivity index (χ3n) is 3.26. The number of aliphatic hydroxyl groups excluding tert-OH is 3. The summed E-state index contributed by atoms with van der Waals surface area (Å²) in [6.45, 7) is -0.422. The van der Waals surface area contributed by atoms with Gasteiger partial charge in [-0.1, -0.05) is 0 Å². The predicted molar refractivity (Wildman–Crippen MR) is 69.2 cm³/mol. The molecule has 21 heavy (non-hydrogen) atoms. The maximum Gasteiger partial charge on any atom is 0.254 e. The maximum absolute atomic E-state index is 9.84. The van der Waals surface area contributed by atoms with Gasteiger partial charge in [-0.3, -0.25) is 0 Å². The summed E-state index contributed by atoms with van der Waals surface area (Å²) in [5, 5.41) is 31.4. The molecule has 10 heteroatoms. The Labute approximate surface area is 118 Å². The molecule has 0 spiro atoms. The van der Waals surface area contributed by atoms with Crippen molar-refractivity contribution < 1.29 is 24.9 Å². The average Bonchev–Trinajstić information content (AvgIpc) is 3.03. The number of nitrogens with zero attached hydrogens (tertiary/aromatic N) is 4. The van der Waals surface area contributed by atoms with Gasteiger partial charge in [0.25, 0.3) is 6.29 Å². The lowest BCUT2D eigenvalue weighted by molar-refractivity contribution is -0.169. The predicted octanol–water partition coefficient (Wildman–Crippen LogP) is -2.26. The van der Waals surface area contributed by atoms with E-state index in [0.29, 0.717) is 17.0 Å². The smallest absolute Gasteiger partial charge is 0.254 e. The molecule has 0 aliphatic carbocycles. The molecular weight excluding hydrogens is 282 g/mol. The van der Waals surface area contributed by atoms with Gasteiger partial charge in [0, 0.05) is 7.05 Å². The van der Waals surface area contributed by atoms with Crippen LogP contribution in [0.3, 0.4) is 0 Å². The minimum Gasteiger partial charge on any atom is -0.394 e. The number of hydrogen-bond donors (Lipinski definition) is 4. The van der Waals surface area contributed by atoms with Gasteiger partial charge in [-0.2, -0.15) is 0 Å². The maximum atomic E-state index is 9.84. The van der Waals surface area contributed by atoms with E-state index >= 15 is 0 Å². The Kier molecular flexibility index (Phi) is 3.59. The second-order valence-corrected chi connectivity index (χ2v) is 4.53. The number of anilines is 1. The van der Waals surface area contributed by atoms with Crippen LogP contribution in [0.1, 0.15) is 0 Å². The number of hydrogen-bond acceptors (Lipinski definition) is 9. The van der Waals surface area contributed by atoms with Gasteiger partial charge in [0.2, 0.25) is 5.65 Å². The number of fused-ring (bicyclic) bond motifs is 1. The summed E-state index contributed by atoms with van der Waals surface area (Å²) in [5.74, 6) is 0.531. The van der Waals surface area contributed by atoms with Crippen molar-refractivity contribution in [3.63, 3.8) is 0 Å². The molecule has 0 radical (unpaired) electrons. The molecule has 0 aromatic carbocycles. The van der Waals surface area contributed by atoms with Gasteiger partial charge in [0.05, 0.1) is 6.61 Å². The lowest BCUT2D eigenvalue weighted by Gasteiger charge is -2.16. The lowest BCUT2D eigenvalue weighted by atomic mass is 10.1. The van der Waals surface area contributed by atoms with Crippen molar-refractivity contribution in [3.05, 3.63) is 12.7 Å². The van der Waals surface area contributed by atoms with Crippen LogP contribution >= 0.6 is 0 Å². The van der Waals surface area contributed by atoms with Crippen molar-refractivity contribution in [2.45, 2.75) is 24.6 Å². The first-order valence-electron chi connectivity index (χ1n) is 6.31. The van der Waals surface area contributed by atoms with E-state index in [-0.39, 0.29) is 0 Å². The topological polar surface area (TPSA) is 135 Å². The SMILES string of the molecule is CNc1ncnc2c1ncn2O[C@@H]1O[C@H](CO)[C@@H](O)[C@H]1O. The van der Waals surface area contributed by atoms with E-state index in [4.69, 9.17) is 14.7 Å². The van der Waals surface area contributed by atoms with Crippen LogP contribution in [-0.2, 0) is 4.74 Å². The number of nitrogens with one attached hydrogen (secondary N) is 1. The van der Waals surface area contributed by atoms with Crippen molar-refractivity contribution >= 4 is 17.0 Å². The van der Waals surface area contributed by atoms with Crippen LogP contribution in [0.2, 0.25) is 0 Å². The molecule has 2 aromatic heterocycles. The second kappa shape index (κ2) is 5.41. The highest BCUT2D eigenvalue weighted by Crippen LogP contribution is 2.22. The fourth-order valence-corrected chi connectivity index (χ4v) is 2.14. The summed E-state index contributed by atoms with van der Waals surface area (Å²) in [6, 6.07) is 0. The number of rotatable bonds is 4. The van der Waals surface area contributed by atoms with Crippen molar-refractivity contribution in [3.8, 4) is 0 Å². The van der Waals surface area contributed by atoms with Crippen LogP contribution in [-0.4, -0.2) is 73.3 Å². The van der Waals surface area contributed by atoms with E-state index in [1.165, 1.54) is 17.4 Å². The largest absolute Gasteiger partial charge is 0.394 e. The van der Waals surface area contributed by atoms with Crippen molar-refractivity contribution in [1.29, 1.82) is 0 Å². The lowest BCUT2D eigenvalue weighted by Crippen LogP contribution is -2.38. The normalized spacial score (nSPS) is 29.0. The molecule has 3 heterocycles. The minimum absolute atomic E-state index is 0.382. The van der Waals surface area contributed by atoms with Crippen molar-refractivity contribution in [1.82, 2.24) is 19.7 Å². The molecule has 0 amide bonds. The van der Waals surface area contributed by atoms with Crippen LogP contribution < -0.4 is 10.2 Å². The summed E-state index contributed by atoms with van der Waals surface area (Å²) in [6.07, 6.45) is -1.85. The average molecular weight is 297 g/mol. The first-order valence-corrected chi connectivity index (χ1v) is 6.31. The summed E-state index contributed by atoms with van der Waals surface area (Å²) in [4.78, 5) is 17.6. The molecule has 0 saturated carbocycles. The Hall–Kier alpha value is -2.01. The van der Waals surface area contributed by atoms with Crippen molar-refractivity contribution in [2.24, 2.45) is 0 Å². The van der Waals surface area contributed by atoms with Crippen LogP contribution in [0, 0.1) is 0 Å². The molecule has 4 atom stereocenters. The molecule has 3 rings (SSSR count).